The van der Waals surface area contributed by atoms with E-state index in [0.717, 1.165) is 17.2 Å². The van der Waals surface area contributed by atoms with E-state index in [4.69, 9.17) is 0 Å². The van der Waals surface area contributed by atoms with Crippen molar-refractivity contribution in [1.29, 1.82) is 0 Å². The second-order valence-corrected chi connectivity index (χ2v) is 7.50. The molecule has 0 saturated heterocycles. The second-order valence-electron chi connectivity index (χ2n) is 7.50. The maximum Gasteiger partial charge on any atom is 0.238 e. The van der Waals surface area contributed by atoms with Crippen LogP contribution in [0.5, 0.6) is 0 Å². The number of anilines is 1. The topological polar surface area (TPSA) is 41.1 Å². The van der Waals surface area contributed by atoms with Gasteiger partial charge in [-0.3, -0.25) is 4.79 Å². The van der Waals surface area contributed by atoms with Gasteiger partial charge in [0.2, 0.25) is 5.91 Å². The lowest BCUT2D eigenvalue weighted by Crippen LogP contribution is -2.43. The molecule has 2 rings (SSSR count). The van der Waals surface area contributed by atoms with Crippen molar-refractivity contribution < 1.29 is 4.79 Å². The minimum atomic E-state index is 0.0617. The summed E-state index contributed by atoms with van der Waals surface area (Å²) in [6.07, 6.45) is 3.76. The fourth-order valence-electron chi connectivity index (χ4n) is 3.62. The molecule has 1 aromatic carbocycles. The molecule has 2 N–H and O–H groups in total. The van der Waals surface area contributed by atoms with Crippen LogP contribution in [0.2, 0.25) is 0 Å². The van der Waals surface area contributed by atoms with Crippen molar-refractivity contribution in [2.24, 2.45) is 11.8 Å². The molecule has 0 aliphatic heterocycles. The smallest absolute Gasteiger partial charge is 0.238 e. The summed E-state index contributed by atoms with van der Waals surface area (Å²) >= 11 is 0. The van der Waals surface area contributed by atoms with Crippen LogP contribution in [0, 0.1) is 18.8 Å². The molecule has 1 fully saturated rings. The van der Waals surface area contributed by atoms with Crippen molar-refractivity contribution in [2.45, 2.75) is 65.8 Å². The zero-order valence-electron chi connectivity index (χ0n) is 15.3. The van der Waals surface area contributed by atoms with Crippen molar-refractivity contribution in [2.75, 3.05) is 11.9 Å². The van der Waals surface area contributed by atoms with Gasteiger partial charge in [0.1, 0.15) is 0 Å². The number of amides is 1. The van der Waals surface area contributed by atoms with Gasteiger partial charge in [-0.15, -0.1) is 0 Å². The molecular formula is C20H32N2O. The maximum absolute atomic E-state index is 12.4. The molecule has 1 amide bonds. The first-order valence-electron chi connectivity index (χ1n) is 9.03. The van der Waals surface area contributed by atoms with E-state index in [1.54, 1.807) is 0 Å². The van der Waals surface area contributed by atoms with Gasteiger partial charge in [-0.1, -0.05) is 58.7 Å². The standard InChI is InChI=1S/C20H32N2O/c1-13(2)17-10-6-9-15(4)20(17)22-19(23)12-21-18-11-7-8-14(3)16(18)5/h6,9-10,13-14,16,18,21H,7-8,11-12H2,1-5H3,(H,22,23). The third-order valence-electron chi connectivity index (χ3n) is 5.42. The summed E-state index contributed by atoms with van der Waals surface area (Å²) in [7, 11) is 0. The average molecular weight is 316 g/mol. The molecular weight excluding hydrogens is 284 g/mol. The Labute approximate surface area is 141 Å². The van der Waals surface area contributed by atoms with E-state index in [1.165, 1.54) is 24.8 Å². The van der Waals surface area contributed by atoms with Crippen LogP contribution in [0.3, 0.4) is 0 Å². The van der Waals surface area contributed by atoms with Gasteiger partial charge in [0.05, 0.1) is 6.54 Å². The van der Waals surface area contributed by atoms with Crippen molar-refractivity contribution in [3.63, 3.8) is 0 Å². The Hall–Kier alpha value is -1.35. The number of hydrogen-bond acceptors (Lipinski definition) is 2. The Morgan fingerprint density at radius 3 is 2.70 bits per heavy atom. The predicted molar refractivity (Wildman–Crippen MR) is 97.9 cm³/mol. The van der Waals surface area contributed by atoms with Crippen LogP contribution in [-0.4, -0.2) is 18.5 Å². The van der Waals surface area contributed by atoms with Gasteiger partial charge in [-0.2, -0.15) is 0 Å². The summed E-state index contributed by atoms with van der Waals surface area (Å²) in [5, 5.41) is 6.60. The minimum Gasteiger partial charge on any atom is -0.324 e. The fourth-order valence-corrected chi connectivity index (χ4v) is 3.62. The van der Waals surface area contributed by atoms with Crippen molar-refractivity contribution in [3.8, 4) is 0 Å². The summed E-state index contributed by atoms with van der Waals surface area (Å²) in [5.41, 5.74) is 3.32. The molecule has 1 aromatic rings. The average Bonchev–Trinajstić information content (AvgIpc) is 2.50. The van der Waals surface area contributed by atoms with Crippen LogP contribution in [0.25, 0.3) is 0 Å². The van der Waals surface area contributed by atoms with Crippen LogP contribution < -0.4 is 10.6 Å². The largest absolute Gasteiger partial charge is 0.324 e. The second kappa shape index (κ2) is 7.96. The number of benzene rings is 1. The highest BCUT2D eigenvalue weighted by Crippen LogP contribution is 2.30. The SMILES string of the molecule is Cc1cccc(C(C)C)c1NC(=O)CNC1CCCC(C)C1C. The first-order chi connectivity index (χ1) is 10.9. The number of carbonyl (C=O) groups excluding carboxylic acids is 1. The number of aryl methyl sites for hydroxylation is 1. The first kappa shape index (κ1) is 18.0. The quantitative estimate of drug-likeness (QED) is 0.841. The number of para-hydroxylation sites is 1. The van der Waals surface area contributed by atoms with Gasteiger partial charge in [-0.25, -0.2) is 0 Å². The zero-order valence-corrected chi connectivity index (χ0v) is 15.3. The molecule has 1 aliphatic carbocycles. The highest BCUT2D eigenvalue weighted by Gasteiger charge is 2.27. The van der Waals surface area contributed by atoms with Crippen LogP contribution in [0.15, 0.2) is 18.2 Å². The molecule has 0 spiro atoms. The molecule has 3 nitrogen and oxygen atoms in total. The summed E-state index contributed by atoms with van der Waals surface area (Å²) in [4.78, 5) is 12.4. The van der Waals surface area contributed by atoms with Gasteiger partial charge >= 0.3 is 0 Å². The van der Waals surface area contributed by atoms with Gasteiger partial charge in [-0.05, 0) is 42.2 Å². The summed E-state index contributed by atoms with van der Waals surface area (Å²) in [5.74, 6) is 1.85. The van der Waals surface area contributed by atoms with Gasteiger partial charge < -0.3 is 10.6 Å². The lowest BCUT2D eigenvalue weighted by atomic mass is 9.78. The van der Waals surface area contributed by atoms with Crippen molar-refractivity contribution in [3.05, 3.63) is 29.3 Å². The van der Waals surface area contributed by atoms with Crippen LogP contribution >= 0.6 is 0 Å². The maximum atomic E-state index is 12.4. The third kappa shape index (κ3) is 4.57. The molecule has 1 aliphatic rings. The number of carbonyl (C=O) groups is 1. The summed E-state index contributed by atoms with van der Waals surface area (Å²) in [6.45, 7) is 11.4. The van der Waals surface area contributed by atoms with E-state index < -0.39 is 0 Å². The highest BCUT2D eigenvalue weighted by molar-refractivity contribution is 5.93. The normalized spacial score (nSPS) is 24.7. The molecule has 3 atom stereocenters. The Morgan fingerprint density at radius 2 is 2.00 bits per heavy atom. The van der Waals surface area contributed by atoms with E-state index in [0.29, 0.717) is 24.4 Å². The van der Waals surface area contributed by atoms with Crippen LogP contribution in [0.4, 0.5) is 5.69 Å². The number of rotatable bonds is 5. The van der Waals surface area contributed by atoms with Crippen LogP contribution in [-0.2, 0) is 4.79 Å². The fraction of sp³-hybridized carbons (Fsp3) is 0.650. The monoisotopic (exact) mass is 316 g/mol. The summed E-state index contributed by atoms with van der Waals surface area (Å²) < 4.78 is 0. The van der Waals surface area contributed by atoms with E-state index >= 15 is 0 Å². The molecule has 0 radical (unpaired) electrons. The minimum absolute atomic E-state index is 0.0617. The molecule has 3 unspecified atom stereocenters. The van der Waals surface area contributed by atoms with E-state index in [1.807, 2.05) is 0 Å². The van der Waals surface area contributed by atoms with Gasteiger partial charge in [0.25, 0.3) is 0 Å². The number of nitrogens with one attached hydrogen (secondary N) is 2. The van der Waals surface area contributed by atoms with Crippen molar-refractivity contribution in [1.82, 2.24) is 5.32 Å². The molecule has 1 saturated carbocycles. The zero-order chi connectivity index (χ0) is 17.0. The Balaban J connectivity index is 1.95. The Morgan fingerprint density at radius 1 is 1.26 bits per heavy atom. The number of hydrogen-bond donors (Lipinski definition) is 2. The van der Waals surface area contributed by atoms with Crippen molar-refractivity contribution >= 4 is 11.6 Å². The Kier molecular flexibility index (Phi) is 6.23. The van der Waals surface area contributed by atoms with Gasteiger partial charge in [0, 0.05) is 11.7 Å². The molecule has 0 bridgehead atoms. The van der Waals surface area contributed by atoms with E-state index in [9.17, 15) is 4.79 Å². The molecule has 0 heterocycles. The third-order valence-corrected chi connectivity index (χ3v) is 5.42. The van der Waals surface area contributed by atoms with E-state index in [-0.39, 0.29) is 5.91 Å². The molecule has 0 aromatic heterocycles. The Bertz CT molecular complexity index is 538. The lowest BCUT2D eigenvalue weighted by Gasteiger charge is -2.34. The lowest BCUT2D eigenvalue weighted by molar-refractivity contribution is -0.115. The molecule has 3 heteroatoms. The predicted octanol–water partition coefficient (Wildman–Crippen LogP) is 4.47. The highest BCUT2D eigenvalue weighted by atomic mass is 16.1. The first-order valence-corrected chi connectivity index (χ1v) is 9.03. The van der Waals surface area contributed by atoms with Crippen LogP contribution in [0.1, 0.15) is 64.0 Å². The molecule has 23 heavy (non-hydrogen) atoms. The molecule has 128 valence electrons. The van der Waals surface area contributed by atoms with E-state index in [2.05, 4.69) is 63.5 Å². The summed E-state index contributed by atoms with van der Waals surface area (Å²) in [6, 6.07) is 6.68. The van der Waals surface area contributed by atoms with Gasteiger partial charge in [0.15, 0.2) is 0 Å².